The van der Waals surface area contributed by atoms with Crippen LogP contribution in [0.15, 0.2) is 45.3 Å². The fraction of sp³-hybridized carbons (Fsp3) is 0.381. The number of aliphatic hydroxyl groups is 1. The van der Waals surface area contributed by atoms with Crippen molar-refractivity contribution in [2.24, 2.45) is 0 Å². The van der Waals surface area contributed by atoms with Gasteiger partial charge in [-0.15, -0.1) is 0 Å². The van der Waals surface area contributed by atoms with Crippen molar-refractivity contribution in [1.82, 2.24) is 0 Å². The molecule has 4 nitrogen and oxygen atoms in total. The van der Waals surface area contributed by atoms with E-state index >= 15 is 0 Å². The highest BCUT2D eigenvalue weighted by Gasteiger charge is 2.06. The molecule has 3 N–H and O–H groups in total. The van der Waals surface area contributed by atoms with E-state index in [1.165, 1.54) is 31.0 Å². The number of nitrogen functional groups attached to an aromatic ring is 1. The van der Waals surface area contributed by atoms with Crippen molar-refractivity contribution in [3.63, 3.8) is 0 Å². The third-order valence-corrected chi connectivity index (χ3v) is 5.32. The van der Waals surface area contributed by atoms with Gasteiger partial charge in [0.25, 0.3) is 0 Å². The molecular formula is C21H28Br2N2O2. The molecule has 2 rings (SSSR count). The maximum absolute atomic E-state index is 11.0. The predicted molar refractivity (Wildman–Crippen MR) is 122 cm³/mol. The molecule has 0 bridgehead atoms. The van der Waals surface area contributed by atoms with E-state index in [1.807, 2.05) is 0 Å². The Hall–Kier alpha value is -1.37. The average molecular weight is 500 g/mol. The van der Waals surface area contributed by atoms with Crippen molar-refractivity contribution in [1.29, 1.82) is 0 Å². The summed E-state index contributed by atoms with van der Waals surface area (Å²) in [4.78, 5) is 13.2. The number of Topliss-reactive ketones (excluding diaryl/α,β-unsaturated/α-hetero) is 1. The van der Waals surface area contributed by atoms with Crippen LogP contribution in [0.2, 0.25) is 0 Å². The largest absolute Gasteiger partial charge is 0.397 e. The summed E-state index contributed by atoms with van der Waals surface area (Å²) in [6.45, 7) is 7.78. The van der Waals surface area contributed by atoms with Gasteiger partial charge in [-0.1, -0.05) is 25.5 Å². The number of aliphatic hydroxyl groups excluding tert-OH is 1. The fourth-order valence-corrected chi connectivity index (χ4v) is 3.64. The molecule has 2 aromatic carbocycles. The second-order valence-electron chi connectivity index (χ2n) is 6.31. The van der Waals surface area contributed by atoms with E-state index in [-0.39, 0.29) is 12.4 Å². The number of hydrogen-bond acceptors (Lipinski definition) is 4. The van der Waals surface area contributed by atoms with Crippen LogP contribution in [0.1, 0.15) is 42.6 Å². The summed E-state index contributed by atoms with van der Waals surface area (Å²) in [7, 11) is 0. The van der Waals surface area contributed by atoms with Crippen molar-refractivity contribution < 1.29 is 9.90 Å². The number of carbonyl (C=O) groups is 1. The van der Waals surface area contributed by atoms with Crippen LogP contribution >= 0.6 is 31.9 Å². The SMILES string of the molecule is CC(=O)c1cc(Br)c(N)c(Br)c1.CCCCN(CCO)c1cccc(C)c1. The smallest absolute Gasteiger partial charge is 0.159 e. The van der Waals surface area contributed by atoms with E-state index < -0.39 is 0 Å². The molecule has 0 spiro atoms. The predicted octanol–water partition coefficient (Wildman–Crippen LogP) is 5.59. The molecule has 27 heavy (non-hydrogen) atoms. The number of ketones is 1. The lowest BCUT2D eigenvalue weighted by molar-refractivity contribution is 0.101. The Morgan fingerprint density at radius 2 is 1.78 bits per heavy atom. The maximum Gasteiger partial charge on any atom is 0.159 e. The molecule has 0 unspecified atom stereocenters. The normalized spacial score (nSPS) is 10.1. The molecule has 6 heteroatoms. The van der Waals surface area contributed by atoms with Crippen LogP contribution in [-0.4, -0.2) is 30.6 Å². The molecular weight excluding hydrogens is 472 g/mol. The monoisotopic (exact) mass is 498 g/mol. The van der Waals surface area contributed by atoms with Crippen LogP contribution in [0.4, 0.5) is 11.4 Å². The molecule has 0 saturated heterocycles. The standard InChI is InChI=1S/C13H21NO.C8H7Br2NO/c1-3-4-8-14(9-10-15)13-7-5-6-12(2)11-13;1-4(12)5-2-6(9)8(11)7(10)3-5/h5-7,11,15H,3-4,8-10H2,1-2H3;2-3H,11H2,1H3. The lowest BCUT2D eigenvalue weighted by Gasteiger charge is -2.24. The molecule has 0 aromatic heterocycles. The first kappa shape index (κ1) is 23.7. The minimum absolute atomic E-state index is 0.0244. The van der Waals surface area contributed by atoms with Crippen LogP contribution in [-0.2, 0) is 0 Å². The summed E-state index contributed by atoms with van der Waals surface area (Å²) < 4.78 is 1.48. The minimum Gasteiger partial charge on any atom is -0.397 e. The van der Waals surface area contributed by atoms with Gasteiger partial charge in [0, 0.05) is 33.3 Å². The van der Waals surface area contributed by atoms with Crippen molar-refractivity contribution in [2.45, 2.75) is 33.6 Å². The van der Waals surface area contributed by atoms with Crippen LogP contribution in [0, 0.1) is 6.92 Å². The van der Waals surface area contributed by atoms with Crippen molar-refractivity contribution in [3.8, 4) is 0 Å². The molecule has 2 aromatic rings. The highest BCUT2D eigenvalue weighted by Crippen LogP contribution is 2.29. The number of nitrogens with two attached hydrogens (primary N) is 1. The van der Waals surface area contributed by atoms with Gasteiger partial charge in [-0.3, -0.25) is 4.79 Å². The number of halogens is 2. The topological polar surface area (TPSA) is 66.6 Å². The average Bonchev–Trinajstić information content (AvgIpc) is 2.63. The molecule has 0 radical (unpaired) electrons. The summed E-state index contributed by atoms with van der Waals surface area (Å²) in [5.41, 5.74) is 9.39. The van der Waals surface area contributed by atoms with E-state index in [1.54, 1.807) is 12.1 Å². The molecule has 0 fully saturated rings. The summed E-state index contributed by atoms with van der Waals surface area (Å²) in [5, 5.41) is 9.02. The van der Waals surface area contributed by atoms with Gasteiger partial charge >= 0.3 is 0 Å². The number of benzene rings is 2. The summed E-state index contributed by atoms with van der Waals surface area (Å²) >= 11 is 6.52. The van der Waals surface area contributed by atoms with E-state index in [0.717, 1.165) is 22.0 Å². The second-order valence-corrected chi connectivity index (χ2v) is 8.02. The van der Waals surface area contributed by atoms with E-state index in [4.69, 9.17) is 10.8 Å². The van der Waals surface area contributed by atoms with Crippen LogP contribution in [0.3, 0.4) is 0 Å². The van der Waals surface area contributed by atoms with E-state index in [0.29, 0.717) is 11.3 Å². The summed E-state index contributed by atoms with van der Waals surface area (Å²) in [6.07, 6.45) is 2.36. The second kappa shape index (κ2) is 12.2. The molecule has 0 saturated carbocycles. The molecule has 0 aliphatic rings. The molecule has 0 aliphatic heterocycles. The Kier molecular flexibility index (Phi) is 10.7. The van der Waals surface area contributed by atoms with Crippen LogP contribution in [0.5, 0.6) is 0 Å². The molecule has 0 aliphatic carbocycles. The third-order valence-electron chi connectivity index (χ3n) is 4.00. The highest BCUT2D eigenvalue weighted by atomic mass is 79.9. The lowest BCUT2D eigenvalue weighted by Crippen LogP contribution is -2.27. The molecule has 148 valence electrons. The summed E-state index contributed by atoms with van der Waals surface area (Å²) in [5.74, 6) is 0.0244. The first-order chi connectivity index (χ1) is 12.8. The van der Waals surface area contributed by atoms with Gasteiger partial charge in [0.2, 0.25) is 0 Å². The van der Waals surface area contributed by atoms with Gasteiger partial charge < -0.3 is 15.7 Å². The van der Waals surface area contributed by atoms with Gasteiger partial charge in [-0.25, -0.2) is 0 Å². The quantitative estimate of drug-likeness (QED) is 0.385. The number of aryl methyl sites for hydroxylation is 1. The van der Waals surface area contributed by atoms with Gasteiger partial charge in [0.05, 0.1) is 12.3 Å². The number of rotatable bonds is 7. The van der Waals surface area contributed by atoms with Crippen molar-refractivity contribution in [2.75, 3.05) is 30.3 Å². The zero-order valence-corrected chi connectivity index (χ0v) is 19.3. The van der Waals surface area contributed by atoms with Gasteiger partial charge in [0.15, 0.2) is 5.78 Å². The fourth-order valence-electron chi connectivity index (χ4n) is 2.45. The van der Waals surface area contributed by atoms with Crippen LogP contribution < -0.4 is 10.6 Å². The van der Waals surface area contributed by atoms with Crippen molar-refractivity contribution in [3.05, 3.63) is 56.5 Å². The molecule has 0 amide bonds. The van der Waals surface area contributed by atoms with Gasteiger partial charge in [-0.2, -0.15) is 0 Å². The van der Waals surface area contributed by atoms with Crippen LogP contribution in [0.25, 0.3) is 0 Å². The Labute approximate surface area is 179 Å². The first-order valence-electron chi connectivity index (χ1n) is 8.98. The van der Waals surface area contributed by atoms with E-state index in [9.17, 15) is 4.79 Å². The van der Waals surface area contributed by atoms with Gasteiger partial charge in [-0.05, 0) is 82.0 Å². The third kappa shape index (κ3) is 8.03. The summed E-state index contributed by atoms with van der Waals surface area (Å²) in [6, 6.07) is 11.9. The van der Waals surface area contributed by atoms with Crippen molar-refractivity contribution >= 4 is 49.0 Å². The maximum atomic E-state index is 11.0. The first-order valence-corrected chi connectivity index (χ1v) is 10.6. The molecule has 0 atom stereocenters. The Morgan fingerprint density at radius 1 is 1.15 bits per heavy atom. The zero-order valence-electron chi connectivity index (χ0n) is 16.1. The van der Waals surface area contributed by atoms with E-state index in [2.05, 4.69) is 74.9 Å². The Bertz CT molecular complexity index is 728. The molecule has 0 heterocycles. The number of carbonyl (C=O) groups excluding carboxylic acids is 1. The zero-order chi connectivity index (χ0) is 20.4. The Balaban J connectivity index is 0.000000277. The lowest BCUT2D eigenvalue weighted by atomic mass is 10.1. The number of nitrogens with zero attached hydrogens (tertiary/aromatic N) is 1. The van der Waals surface area contributed by atoms with Gasteiger partial charge in [0.1, 0.15) is 0 Å². The Morgan fingerprint density at radius 3 is 2.26 bits per heavy atom. The number of anilines is 2. The highest BCUT2D eigenvalue weighted by molar-refractivity contribution is 9.11. The number of hydrogen-bond donors (Lipinski definition) is 2. The minimum atomic E-state index is 0.0244. The number of unbranched alkanes of at least 4 members (excludes halogenated alkanes) is 1.